The Hall–Kier alpha value is -1.64. The molecular weight excluding hydrogens is 330 g/mol. The summed E-state index contributed by atoms with van der Waals surface area (Å²) < 4.78 is 30.6. The molecule has 134 valence electrons. The predicted octanol–water partition coefficient (Wildman–Crippen LogP) is 1.27. The summed E-state index contributed by atoms with van der Waals surface area (Å²) in [5.41, 5.74) is 0.862. The Morgan fingerprint density at radius 2 is 1.96 bits per heavy atom. The molecule has 24 heavy (non-hydrogen) atoms. The summed E-state index contributed by atoms with van der Waals surface area (Å²) in [5, 5.41) is 0. The second kappa shape index (κ2) is 8.46. The van der Waals surface area contributed by atoms with Crippen LogP contribution in [0.5, 0.6) is 0 Å². The number of benzene rings is 1. The smallest absolute Gasteiger partial charge is 0.324 e. The molecule has 2 amide bonds. The highest BCUT2D eigenvalue weighted by Gasteiger charge is 2.36. The number of sulfonamides is 1. The van der Waals surface area contributed by atoms with Crippen LogP contribution in [0.15, 0.2) is 30.3 Å². The van der Waals surface area contributed by atoms with Gasteiger partial charge in [0.2, 0.25) is 10.0 Å². The van der Waals surface area contributed by atoms with Crippen molar-refractivity contribution in [2.45, 2.75) is 18.9 Å². The maximum atomic E-state index is 12.3. The van der Waals surface area contributed by atoms with E-state index in [4.69, 9.17) is 4.74 Å². The van der Waals surface area contributed by atoms with Gasteiger partial charge in [0.1, 0.15) is 0 Å². The fourth-order valence-electron chi connectivity index (χ4n) is 2.67. The Morgan fingerprint density at radius 1 is 1.25 bits per heavy atom. The third-order valence-corrected chi connectivity index (χ3v) is 5.44. The molecule has 1 N–H and O–H groups in total. The van der Waals surface area contributed by atoms with E-state index >= 15 is 0 Å². The van der Waals surface area contributed by atoms with Gasteiger partial charge in [-0.3, -0.25) is 4.90 Å². The molecule has 1 aliphatic heterocycles. The molecule has 0 saturated carbocycles. The summed E-state index contributed by atoms with van der Waals surface area (Å²) >= 11 is 0. The van der Waals surface area contributed by atoms with E-state index in [0.29, 0.717) is 32.6 Å². The number of carbonyl (C=O) groups is 1. The van der Waals surface area contributed by atoms with Crippen LogP contribution >= 0.6 is 0 Å². The number of amides is 2. The first kappa shape index (κ1) is 18.7. The third kappa shape index (κ3) is 4.93. The van der Waals surface area contributed by atoms with Gasteiger partial charge in [-0.2, -0.15) is 0 Å². The van der Waals surface area contributed by atoms with E-state index in [1.165, 1.54) is 7.05 Å². The quantitative estimate of drug-likeness (QED) is 0.677. The minimum Gasteiger partial charge on any atom is -0.379 e. The SMILES string of the molecule is CNS(=O)(=O)CCCCOC[C@H]1CN(C)C(=O)N1c1ccccc1. The Labute approximate surface area is 143 Å². The lowest BCUT2D eigenvalue weighted by Crippen LogP contribution is -2.37. The molecule has 7 nitrogen and oxygen atoms in total. The third-order valence-electron chi connectivity index (χ3n) is 3.99. The van der Waals surface area contributed by atoms with E-state index < -0.39 is 10.0 Å². The molecule has 0 radical (unpaired) electrons. The molecule has 1 aromatic rings. The number of nitrogens with zero attached hydrogens (tertiary/aromatic N) is 2. The van der Waals surface area contributed by atoms with Crippen molar-refractivity contribution in [2.75, 3.05) is 44.5 Å². The molecule has 1 fully saturated rings. The summed E-state index contributed by atoms with van der Waals surface area (Å²) in [6.45, 7) is 1.53. The van der Waals surface area contributed by atoms with Gasteiger partial charge in [0.15, 0.2) is 0 Å². The Balaban J connectivity index is 1.80. The zero-order chi connectivity index (χ0) is 17.6. The molecule has 1 saturated heterocycles. The first-order chi connectivity index (χ1) is 11.4. The van der Waals surface area contributed by atoms with Gasteiger partial charge < -0.3 is 9.64 Å². The zero-order valence-electron chi connectivity index (χ0n) is 14.1. The fraction of sp³-hybridized carbons (Fsp3) is 0.562. The van der Waals surface area contributed by atoms with Crippen LogP contribution in [0.3, 0.4) is 0 Å². The summed E-state index contributed by atoms with van der Waals surface area (Å²) in [4.78, 5) is 15.8. The average molecular weight is 355 g/mol. The first-order valence-corrected chi connectivity index (χ1v) is 9.68. The van der Waals surface area contributed by atoms with Crippen molar-refractivity contribution in [2.24, 2.45) is 0 Å². The van der Waals surface area contributed by atoms with Crippen molar-refractivity contribution >= 4 is 21.7 Å². The standard InChI is InChI=1S/C16H25N3O4S/c1-17-24(21,22)11-7-6-10-23-13-15-12-18(2)16(20)19(15)14-8-4-3-5-9-14/h3-5,8-9,15,17H,6-7,10-13H2,1-2H3/t15-/m1/s1. The van der Waals surface area contributed by atoms with Crippen LogP contribution in [0.2, 0.25) is 0 Å². The van der Waals surface area contributed by atoms with Crippen LogP contribution in [-0.4, -0.2) is 65.0 Å². The number of unbranched alkanes of at least 4 members (excludes halogenated alkanes) is 1. The minimum absolute atomic E-state index is 0.0325. The van der Waals surface area contributed by atoms with Crippen molar-refractivity contribution in [1.82, 2.24) is 9.62 Å². The van der Waals surface area contributed by atoms with Crippen LogP contribution < -0.4 is 9.62 Å². The van der Waals surface area contributed by atoms with E-state index in [9.17, 15) is 13.2 Å². The molecule has 2 rings (SSSR count). The van der Waals surface area contributed by atoms with Gasteiger partial charge in [0.05, 0.1) is 18.4 Å². The Bertz CT molecular complexity index is 636. The summed E-state index contributed by atoms with van der Waals surface area (Å²) in [6.07, 6.45) is 1.22. The van der Waals surface area contributed by atoms with Gasteiger partial charge in [-0.1, -0.05) is 18.2 Å². The Kier molecular flexibility index (Phi) is 6.59. The molecule has 0 aromatic heterocycles. The second-order valence-electron chi connectivity index (χ2n) is 5.83. The van der Waals surface area contributed by atoms with E-state index in [-0.39, 0.29) is 17.8 Å². The molecule has 1 aromatic carbocycles. The summed E-state index contributed by atoms with van der Waals surface area (Å²) in [6, 6.07) is 9.47. The predicted molar refractivity (Wildman–Crippen MR) is 93.6 cm³/mol. The van der Waals surface area contributed by atoms with Gasteiger partial charge in [-0.15, -0.1) is 0 Å². The average Bonchev–Trinajstić information content (AvgIpc) is 2.86. The molecule has 1 heterocycles. The van der Waals surface area contributed by atoms with Crippen LogP contribution in [0, 0.1) is 0 Å². The zero-order valence-corrected chi connectivity index (χ0v) is 15.0. The molecule has 8 heteroatoms. The van der Waals surface area contributed by atoms with Gasteiger partial charge >= 0.3 is 6.03 Å². The number of likely N-dealkylation sites (N-methyl/N-ethyl adjacent to an activating group) is 1. The number of rotatable bonds is 9. The van der Waals surface area contributed by atoms with Gasteiger partial charge in [-0.25, -0.2) is 17.9 Å². The summed E-state index contributed by atoms with van der Waals surface area (Å²) in [7, 11) is 0.0461. The van der Waals surface area contributed by atoms with Crippen LogP contribution in [0.1, 0.15) is 12.8 Å². The van der Waals surface area contributed by atoms with Gasteiger partial charge in [-0.05, 0) is 32.0 Å². The van der Waals surface area contributed by atoms with E-state index in [1.54, 1.807) is 16.8 Å². The van der Waals surface area contributed by atoms with Gasteiger partial charge in [0, 0.05) is 25.9 Å². The van der Waals surface area contributed by atoms with Crippen LogP contribution in [0.25, 0.3) is 0 Å². The van der Waals surface area contributed by atoms with E-state index in [1.807, 2.05) is 30.3 Å². The highest BCUT2D eigenvalue weighted by Crippen LogP contribution is 2.23. The highest BCUT2D eigenvalue weighted by atomic mass is 32.2. The normalized spacial score (nSPS) is 18.4. The molecule has 0 spiro atoms. The molecule has 0 bridgehead atoms. The maximum absolute atomic E-state index is 12.3. The number of hydrogen-bond acceptors (Lipinski definition) is 4. The van der Waals surface area contributed by atoms with Crippen molar-refractivity contribution < 1.29 is 17.9 Å². The van der Waals surface area contributed by atoms with Crippen molar-refractivity contribution in [3.8, 4) is 0 Å². The second-order valence-corrected chi connectivity index (χ2v) is 7.87. The summed E-state index contributed by atoms with van der Waals surface area (Å²) in [5.74, 6) is 0.105. The molecule has 1 atom stereocenters. The van der Waals surface area contributed by atoms with Gasteiger partial charge in [0.25, 0.3) is 0 Å². The lowest BCUT2D eigenvalue weighted by atomic mass is 10.2. The number of carbonyl (C=O) groups excluding carboxylic acids is 1. The lowest BCUT2D eigenvalue weighted by molar-refractivity contribution is 0.119. The monoisotopic (exact) mass is 355 g/mol. The Morgan fingerprint density at radius 3 is 2.62 bits per heavy atom. The number of urea groups is 1. The lowest BCUT2D eigenvalue weighted by Gasteiger charge is -2.23. The number of para-hydroxylation sites is 1. The number of nitrogens with one attached hydrogen (secondary N) is 1. The highest BCUT2D eigenvalue weighted by molar-refractivity contribution is 7.89. The van der Waals surface area contributed by atoms with Crippen molar-refractivity contribution in [1.29, 1.82) is 0 Å². The number of hydrogen-bond donors (Lipinski definition) is 1. The van der Waals surface area contributed by atoms with Crippen molar-refractivity contribution in [3.05, 3.63) is 30.3 Å². The number of ether oxygens (including phenoxy) is 1. The molecular formula is C16H25N3O4S. The first-order valence-electron chi connectivity index (χ1n) is 8.03. The van der Waals surface area contributed by atoms with Crippen LogP contribution in [0.4, 0.5) is 10.5 Å². The number of anilines is 1. The largest absolute Gasteiger partial charge is 0.379 e. The van der Waals surface area contributed by atoms with E-state index in [0.717, 1.165) is 5.69 Å². The molecule has 0 unspecified atom stereocenters. The maximum Gasteiger partial charge on any atom is 0.324 e. The van der Waals surface area contributed by atoms with Crippen LogP contribution in [-0.2, 0) is 14.8 Å². The topological polar surface area (TPSA) is 79.0 Å². The van der Waals surface area contributed by atoms with E-state index in [2.05, 4.69) is 4.72 Å². The molecule has 0 aliphatic carbocycles. The fourth-order valence-corrected chi connectivity index (χ4v) is 3.46. The molecule has 1 aliphatic rings. The minimum atomic E-state index is -3.15. The van der Waals surface area contributed by atoms with Crippen molar-refractivity contribution in [3.63, 3.8) is 0 Å².